The van der Waals surface area contributed by atoms with E-state index in [1.54, 1.807) is 6.92 Å². The molecule has 0 bridgehead atoms. The monoisotopic (exact) mass is 301 g/mol. The number of carbonyl (C=O) groups excluding carboxylic acids is 1. The van der Waals surface area contributed by atoms with Gasteiger partial charge in [0.05, 0.1) is 10.7 Å². The fourth-order valence-corrected chi connectivity index (χ4v) is 2.99. The van der Waals surface area contributed by atoms with Gasteiger partial charge in [0, 0.05) is 18.5 Å². The van der Waals surface area contributed by atoms with Gasteiger partial charge in [0.25, 0.3) is 0 Å². The number of rotatable bonds is 3. The maximum Gasteiger partial charge on any atom is 0.230 e. The van der Waals surface area contributed by atoms with Gasteiger partial charge < -0.3 is 4.90 Å². The van der Waals surface area contributed by atoms with E-state index in [2.05, 4.69) is 0 Å². The van der Waals surface area contributed by atoms with Crippen LogP contribution in [0.1, 0.15) is 39.0 Å². The van der Waals surface area contributed by atoms with Gasteiger partial charge in [-0.15, -0.1) is 0 Å². The summed E-state index contributed by atoms with van der Waals surface area (Å²) >= 11 is 5.96. The van der Waals surface area contributed by atoms with Crippen molar-refractivity contribution in [1.29, 1.82) is 0 Å². The summed E-state index contributed by atoms with van der Waals surface area (Å²) in [6.07, 6.45) is 4.95. The Morgan fingerprint density at radius 3 is 2.45 bits per heavy atom. The molecule has 1 aliphatic carbocycles. The van der Waals surface area contributed by atoms with E-state index in [0.717, 1.165) is 44.2 Å². The summed E-state index contributed by atoms with van der Waals surface area (Å²) in [5, 5.41) is 0.0647. The molecule has 1 saturated carbocycles. The first-order chi connectivity index (χ1) is 9.54. The Hall–Kier alpha value is -1.16. The Bertz CT molecular complexity index is 501. The number of carbonyl (C=O) groups is 1. The van der Waals surface area contributed by atoms with Gasteiger partial charge in [0.15, 0.2) is 11.6 Å². The van der Waals surface area contributed by atoms with Crippen LogP contribution in [0.2, 0.25) is 5.02 Å². The normalized spacial score (nSPS) is 16.2. The molecule has 0 atom stereocenters. The number of anilines is 1. The van der Waals surface area contributed by atoms with Crippen LogP contribution >= 0.6 is 11.6 Å². The van der Waals surface area contributed by atoms with Gasteiger partial charge in [-0.05, 0) is 25.8 Å². The molecule has 0 unspecified atom stereocenters. The highest BCUT2D eigenvalue weighted by Gasteiger charge is 2.27. The zero-order chi connectivity index (χ0) is 14.7. The molecule has 1 aliphatic rings. The third-order valence-electron chi connectivity index (χ3n) is 3.82. The zero-order valence-electron chi connectivity index (χ0n) is 11.5. The molecule has 1 aromatic carbocycles. The molecule has 1 aromatic rings. The van der Waals surface area contributed by atoms with Crippen molar-refractivity contribution < 1.29 is 13.6 Å². The number of hydrogen-bond acceptors (Lipinski definition) is 1. The van der Waals surface area contributed by atoms with Crippen LogP contribution in [0, 0.1) is 17.6 Å². The van der Waals surface area contributed by atoms with E-state index in [0.29, 0.717) is 6.54 Å². The summed E-state index contributed by atoms with van der Waals surface area (Å²) in [7, 11) is 0. The van der Waals surface area contributed by atoms with Gasteiger partial charge in [-0.1, -0.05) is 30.9 Å². The van der Waals surface area contributed by atoms with E-state index >= 15 is 0 Å². The smallest absolute Gasteiger partial charge is 0.230 e. The molecule has 1 amide bonds. The van der Waals surface area contributed by atoms with Crippen LogP contribution in [0.5, 0.6) is 0 Å². The van der Waals surface area contributed by atoms with Gasteiger partial charge in [-0.3, -0.25) is 4.79 Å². The number of halogens is 3. The van der Waals surface area contributed by atoms with E-state index in [1.165, 1.54) is 4.90 Å². The molecule has 0 N–H and O–H groups in total. The number of benzene rings is 1. The maximum absolute atomic E-state index is 13.4. The van der Waals surface area contributed by atoms with Crippen molar-refractivity contribution in [1.82, 2.24) is 0 Å². The van der Waals surface area contributed by atoms with E-state index in [1.807, 2.05) is 0 Å². The van der Waals surface area contributed by atoms with Crippen LogP contribution in [0.4, 0.5) is 14.5 Å². The topological polar surface area (TPSA) is 20.3 Å². The lowest BCUT2D eigenvalue weighted by Gasteiger charge is -2.29. The predicted molar refractivity (Wildman–Crippen MR) is 76.0 cm³/mol. The van der Waals surface area contributed by atoms with Crippen LogP contribution in [0.3, 0.4) is 0 Å². The third-order valence-corrected chi connectivity index (χ3v) is 4.12. The first-order valence-electron chi connectivity index (χ1n) is 7.00. The minimum atomic E-state index is -1.00. The minimum Gasteiger partial charge on any atom is -0.311 e. The van der Waals surface area contributed by atoms with Gasteiger partial charge >= 0.3 is 0 Å². The fraction of sp³-hybridized carbons (Fsp3) is 0.533. The van der Waals surface area contributed by atoms with E-state index < -0.39 is 11.6 Å². The number of hydrogen-bond donors (Lipinski definition) is 0. The first kappa shape index (κ1) is 15.2. The SMILES string of the molecule is CCN(C(=O)C1CCCCC1)c1cc(F)c(F)cc1Cl. The van der Waals surface area contributed by atoms with E-state index in [9.17, 15) is 13.6 Å². The summed E-state index contributed by atoms with van der Waals surface area (Å²) in [6, 6.07) is 1.92. The van der Waals surface area contributed by atoms with Crippen LogP contribution < -0.4 is 4.90 Å². The molecule has 2 nitrogen and oxygen atoms in total. The van der Waals surface area contributed by atoms with Crippen molar-refractivity contribution in [2.75, 3.05) is 11.4 Å². The highest BCUT2D eigenvalue weighted by atomic mass is 35.5. The number of nitrogens with zero attached hydrogens (tertiary/aromatic N) is 1. The molecule has 0 saturated heterocycles. The summed E-state index contributed by atoms with van der Waals surface area (Å²) in [5.41, 5.74) is 0.253. The zero-order valence-corrected chi connectivity index (χ0v) is 12.2. The van der Waals surface area contributed by atoms with Gasteiger partial charge in [0.2, 0.25) is 5.91 Å². The summed E-state index contributed by atoms with van der Waals surface area (Å²) in [6.45, 7) is 2.19. The van der Waals surface area contributed by atoms with E-state index in [-0.39, 0.29) is 22.5 Å². The maximum atomic E-state index is 13.4. The molecule has 1 fully saturated rings. The average Bonchev–Trinajstić information content (AvgIpc) is 2.46. The lowest BCUT2D eigenvalue weighted by Crippen LogP contribution is -2.37. The molecule has 0 aliphatic heterocycles. The Morgan fingerprint density at radius 1 is 1.25 bits per heavy atom. The first-order valence-corrected chi connectivity index (χ1v) is 7.38. The standard InChI is InChI=1S/C15H18ClF2NO/c1-2-19(15(20)10-6-4-3-5-7-10)14-9-13(18)12(17)8-11(14)16/h8-10H,2-7H2,1H3. The summed E-state index contributed by atoms with van der Waals surface area (Å²) in [5.74, 6) is -2.06. The average molecular weight is 302 g/mol. The molecule has 20 heavy (non-hydrogen) atoms. The molecule has 5 heteroatoms. The second kappa shape index (κ2) is 6.53. The number of amides is 1. The van der Waals surface area contributed by atoms with Crippen LogP contribution in [-0.4, -0.2) is 12.5 Å². The molecule has 0 radical (unpaired) electrons. The Labute approximate surface area is 122 Å². The molecule has 0 aromatic heterocycles. The van der Waals surface area contributed by atoms with Crippen molar-refractivity contribution in [3.63, 3.8) is 0 Å². The third kappa shape index (κ3) is 3.11. The minimum absolute atomic E-state index is 0.0344. The van der Waals surface area contributed by atoms with Crippen molar-refractivity contribution >= 4 is 23.2 Å². The molecule has 0 heterocycles. The fourth-order valence-electron chi connectivity index (χ4n) is 2.73. The molecular weight excluding hydrogens is 284 g/mol. The summed E-state index contributed by atoms with van der Waals surface area (Å²) < 4.78 is 26.5. The van der Waals surface area contributed by atoms with Gasteiger partial charge in [0.1, 0.15) is 0 Å². The second-order valence-corrected chi connectivity index (χ2v) is 5.54. The van der Waals surface area contributed by atoms with Crippen molar-refractivity contribution in [3.8, 4) is 0 Å². The Kier molecular flexibility index (Phi) is 4.97. The van der Waals surface area contributed by atoms with Crippen molar-refractivity contribution in [2.24, 2.45) is 5.92 Å². The van der Waals surface area contributed by atoms with Crippen LogP contribution in [0.15, 0.2) is 12.1 Å². The highest BCUT2D eigenvalue weighted by Crippen LogP contribution is 2.32. The van der Waals surface area contributed by atoms with Crippen LogP contribution in [-0.2, 0) is 4.79 Å². The van der Waals surface area contributed by atoms with E-state index in [4.69, 9.17) is 11.6 Å². The van der Waals surface area contributed by atoms with Crippen LogP contribution in [0.25, 0.3) is 0 Å². The van der Waals surface area contributed by atoms with Gasteiger partial charge in [-0.2, -0.15) is 0 Å². The summed E-state index contributed by atoms with van der Waals surface area (Å²) in [4.78, 5) is 14.0. The van der Waals surface area contributed by atoms with Crippen molar-refractivity contribution in [2.45, 2.75) is 39.0 Å². The molecule has 0 spiro atoms. The highest BCUT2D eigenvalue weighted by molar-refractivity contribution is 6.33. The second-order valence-electron chi connectivity index (χ2n) is 5.14. The lowest BCUT2D eigenvalue weighted by molar-refractivity contribution is -0.123. The quantitative estimate of drug-likeness (QED) is 0.750. The predicted octanol–water partition coefficient (Wildman–Crippen LogP) is 4.55. The lowest BCUT2D eigenvalue weighted by atomic mass is 9.88. The van der Waals surface area contributed by atoms with Gasteiger partial charge in [-0.25, -0.2) is 8.78 Å². The Balaban J connectivity index is 2.27. The largest absolute Gasteiger partial charge is 0.311 e. The molecular formula is C15H18ClF2NO. The van der Waals surface area contributed by atoms with Crippen molar-refractivity contribution in [3.05, 3.63) is 28.8 Å². The molecule has 110 valence electrons. The Morgan fingerprint density at radius 2 is 1.85 bits per heavy atom. The molecule has 2 rings (SSSR count).